The molecule has 0 radical (unpaired) electrons. The fraction of sp³-hybridized carbons (Fsp3) is 0. The van der Waals surface area contributed by atoms with Crippen molar-refractivity contribution in [3.8, 4) is 11.3 Å². The van der Waals surface area contributed by atoms with Crippen LogP contribution in [0.3, 0.4) is 0 Å². The van der Waals surface area contributed by atoms with Crippen LogP contribution < -0.4 is 5.73 Å². The fourth-order valence-electron chi connectivity index (χ4n) is 1.18. The van der Waals surface area contributed by atoms with E-state index in [1.54, 1.807) is 12.3 Å². The van der Waals surface area contributed by atoms with Crippen LogP contribution in [0.15, 0.2) is 28.9 Å². The highest BCUT2D eigenvalue weighted by Crippen LogP contribution is 2.27. The van der Waals surface area contributed by atoms with Crippen molar-refractivity contribution in [3.63, 3.8) is 0 Å². The van der Waals surface area contributed by atoms with E-state index < -0.39 is 0 Å². The maximum atomic E-state index is 13.0. The molecule has 0 fully saturated rings. The van der Waals surface area contributed by atoms with E-state index in [1.165, 1.54) is 12.1 Å². The number of imidazole rings is 1. The van der Waals surface area contributed by atoms with Crippen LogP contribution in [0, 0.1) is 5.82 Å². The molecule has 0 bridgehead atoms. The molecule has 0 atom stereocenters. The van der Waals surface area contributed by atoms with Gasteiger partial charge in [0, 0.05) is 10.0 Å². The van der Waals surface area contributed by atoms with Crippen LogP contribution in [0.1, 0.15) is 0 Å². The number of anilines is 1. The molecular formula is C9H7BrFN3. The lowest BCUT2D eigenvalue weighted by Crippen LogP contribution is -1.86. The summed E-state index contributed by atoms with van der Waals surface area (Å²) in [7, 11) is 0. The second-order valence-corrected chi connectivity index (χ2v) is 3.66. The Bertz CT molecular complexity index is 467. The molecule has 0 aliphatic rings. The largest absolute Gasteiger partial charge is 0.369 e. The monoisotopic (exact) mass is 255 g/mol. The van der Waals surface area contributed by atoms with Crippen LogP contribution in [-0.2, 0) is 0 Å². The average Bonchev–Trinajstić information content (AvgIpc) is 2.56. The van der Waals surface area contributed by atoms with Gasteiger partial charge < -0.3 is 10.7 Å². The number of nitrogens with zero attached hydrogens (tertiary/aromatic N) is 1. The standard InChI is InChI=1S/C9H7BrFN3/c10-7-2-1-5(11)3-6(7)8-4-13-9(12)14-8/h1-4H,(H3,12,13,14). The number of aromatic nitrogens is 2. The Morgan fingerprint density at radius 2 is 2.21 bits per heavy atom. The van der Waals surface area contributed by atoms with E-state index in [4.69, 9.17) is 5.73 Å². The summed E-state index contributed by atoms with van der Waals surface area (Å²) >= 11 is 3.32. The first-order valence-corrected chi connectivity index (χ1v) is 4.72. The molecule has 0 spiro atoms. The second-order valence-electron chi connectivity index (χ2n) is 2.81. The number of rotatable bonds is 1. The molecule has 2 aromatic rings. The van der Waals surface area contributed by atoms with Crippen LogP contribution in [-0.4, -0.2) is 9.97 Å². The Labute approximate surface area is 88.3 Å². The average molecular weight is 256 g/mol. The minimum Gasteiger partial charge on any atom is -0.369 e. The van der Waals surface area contributed by atoms with Crippen LogP contribution in [0.4, 0.5) is 10.3 Å². The van der Waals surface area contributed by atoms with E-state index in [2.05, 4.69) is 25.9 Å². The fourth-order valence-corrected chi connectivity index (χ4v) is 1.64. The number of hydrogen-bond donors (Lipinski definition) is 2. The first-order chi connectivity index (χ1) is 6.66. The van der Waals surface area contributed by atoms with Gasteiger partial charge in [0.25, 0.3) is 0 Å². The van der Waals surface area contributed by atoms with Crippen molar-refractivity contribution in [1.29, 1.82) is 0 Å². The Hall–Kier alpha value is -1.36. The summed E-state index contributed by atoms with van der Waals surface area (Å²) in [4.78, 5) is 6.67. The Kier molecular flexibility index (Phi) is 2.25. The number of hydrogen-bond acceptors (Lipinski definition) is 2. The number of nitrogens with two attached hydrogens (primary N) is 1. The van der Waals surface area contributed by atoms with Gasteiger partial charge in [0.05, 0.1) is 11.9 Å². The van der Waals surface area contributed by atoms with E-state index in [-0.39, 0.29) is 5.82 Å². The van der Waals surface area contributed by atoms with Gasteiger partial charge in [0.15, 0.2) is 5.95 Å². The molecule has 0 unspecified atom stereocenters. The van der Waals surface area contributed by atoms with Crippen LogP contribution in [0.5, 0.6) is 0 Å². The summed E-state index contributed by atoms with van der Waals surface area (Å²) in [6.45, 7) is 0. The first-order valence-electron chi connectivity index (χ1n) is 3.93. The van der Waals surface area contributed by atoms with Crippen LogP contribution in [0.2, 0.25) is 0 Å². The lowest BCUT2D eigenvalue weighted by atomic mass is 10.2. The van der Waals surface area contributed by atoms with Crippen LogP contribution >= 0.6 is 15.9 Å². The summed E-state index contributed by atoms with van der Waals surface area (Å²) in [6.07, 6.45) is 1.56. The Morgan fingerprint density at radius 3 is 2.86 bits per heavy atom. The molecule has 0 amide bonds. The van der Waals surface area contributed by atoms with Gasteiger partial charge in [-0.05, 0) is 18.2 Å². The predicted octanol–water partition coefficient (Wildman–Crippen LogP) is 2.56. The van der Waals surface area contributed by atoms with Crippen molar-refractivity contribution in [2.45, 2.75) is 0 Å². The maximum Gasteiger partial charge on any atom is 0.197 e. The number of aromatic amines is 1. The maximum absolute atomic E-state index is 13.0. The SMILES string of the molecule is Nc1ncc(-c2cc(F)ccc2Br)[nH]1. The van der Waals surface area contributed by atoms with E-state index in [1.807, 2.05) is 0 Å². The smallest absolute Gasteiger partial charge is 0.197 e. The van der Waals surface area contributed by atoms with E-state index in [0.717, 1.165) is 4.47 Å². The molecule has 1 aromatic carbocycles. The molecule has 3 nitrogen and oxygen atoms in total. The lowest BCUT2D eigenvalue weighted by molar-refractivity contribution is 0.628. The van der Waals surface area contributed by atoms with E-state index in [0.29, 0.717) is 17.2 Å². The zero-order chi connectivity index (χ0) is 10.1. The third kappa shape index (κ3) is 1.63. The van der Waals surface area contributed by atoms with Crippen molar-refractivity contribution in [2.75, 3.05) is 5.73 Å². The van der Waals surface area contributed by atoms with Gasteiger partial charge in [0.2, 0.25) is 0 Å². The molecule has 0 aliphatic carbocycles. The van der Waals surface area contributed by atoms with Crippen molar-refractivity contribution < 1.29 is 4.39 Å². The number of halogens is 2. The molecule has 5 heteroatoms. The molecule has 72 valence electrons. The molecular weight excluding hydrogens is 249 g/mol. The normalized spacial score (nSPS) is 10.4. The molecule has 0 aliphatic heterocycles. The number of nitrogen functional groups attached to an aromatic ring is 1. The van der Waals surface area contributed by atoms with Gasteiger partial charge in [-0.15, -0.1) is 0 Å². The van der Waals surface area contributed by atoms with Gasteiger partial charge in [-0.25, -0.2) is 9.37 Å². The van der Waals surface area contributed by atoms with Crippen molar-refractivity contribution in [2.24, 2.45) is 0 Å². The molecule has 3 N–H and O–H groups in total. The van der Waals surface area contributed by atoms with Gasteiger partial charge in [-0.2, -0.15) is 0 Å². The Morgan fingerprint density at radius 1 is 1.43 bits per heavy atom. The van der Waals surface area contributed by atoms with Crippen molar-refractivity contribution in [1.82, 2.24) is 9.97 Å². The zero-order valence-corrected chi connectivity index (χ0v) is 8.68. The van der Waals surface area contributed by atoms with Gasteiger partial charge in [-0.1, -0.05) is 15.9 Å². The Balaban J connectivity index is 2.55. The van der Waals surface area contributed by atoms with Crippen molar-refractivity contribution in [3.05, 3.63) is 34.7 Å². The highest BCUT2D eigenvalue weighted by Gasteiger charge is 2.06. The molecule has 0 saturated heterocycles. The minimum absolute atomic E-state index is 0.295. The third-order valence-electron chi connectivity index (χ3n) is 1.81. The second kappa shape index (κ2) is 3.42. The summed E-state index contributed by atoms with van der Waals surface area (Å²) in [6, 6.07) is 4.44. The molecule has 1 aromatic heterocycles. The molecule has 2 rings (SSSR count). The van der Waals surface area contributed by atoms with Gasteiger partial charge >= 0.3 is 0 Å². The van der Waals surface area contributed by atoms with Gasteiger partial charge in [0.1, 0.15) is 5.82 Å². The topological polar surface area (TPSA) is 54.7 Å². The highest BCUT2D eigenvalue weighted by molar-refractivity contribution is 9.10. The number of nitrogens with one attached hydrogen (secondary N) is 1. The van der Waals surface area contributed by atoms with E-state index >= 15 is 0 Å². The summed E-state index contributed by atoms with van der Waals surface area (Å²) < 4.78 is 13.7. The third-order valence-corrected chi connectivity index (χ3v) is 2.51. The van der Waals surface area contributed by atoms with Gasteiger partial charge in [-0.3, -0.25) is 0 Å². The molecule has 14 heavy (non-hydrogen) atoms. The van der Waals surface area contributed by atoms with Crippen LogP contribution in [0.25, 0.3) is 11.3 Å². The number of benzene rings is 1. The number of H-pyrrole nitrogens is 1. The summed E-state index contributed by atoms with van der Waals surface area (Å²) in [5.41, 5.74) is 6.82. The lowest BCUT2D eigenvalue weighted by Gasteiger charge is -2.00. The molecule has 0 saturated carbocycles. The minimum atomic E-state index is -0.295. The predicted molar refractivity (Wildman–Crippen MR) is 56.1 cm³/mol. The summed E-state index contributed by atoms with van der Waals surface area (Å²) in [5.74, 6) is 0.0209. The van der Waals surface area contributed by atoms with Crippen molar-refractivity contribution >= 4 is 21.9 Å². The zero-order valence-electron chi connectivity index (χ0n) is 7.09. The van der Waals surface area contributed by atoms with E-state index in [9.17, 15) is 4.39 Å². The quantitative estimate of drug-likeness (QED) is 0.823. The first kappa shape index (κ1) is 9.21. The summed E-state index contributed by atoms with van der Waals surface area (Å²) in [5, 5.41) is 0. The highest BCUT2D eigenvalue weighted by atomic mass is 79.9. The molecule has 1 heterocycles.